The second kappa shape index (κ2) is 6.39. The second-order valence-corrected chi connectivity index (χ2v) is 7.11. The molecule has 8 heteroatoms. The summed E-state index contributed by atoms with van der Waals surface area (Å²) in [7, 11) is 0. The van der Waals surface area contributed by atoms with Gasteiger partial charge < -0.3 is 15.0 Å². The molecular weight excluding hydrogens is 382 g/mol. The van der Waals surface area contributed by atoms with E-state index in [-0.39, 0.29) is 22.9 Å². The van der Waals surface area contributed by atoms with Gasteiger partial charge in [0.15, 0.2) is 0 Å². The molecule has 0 saturated heterocycles. The number of H-pyrrole nitrogens is 2. The molecule has 0 amide bonds. The molecule has 148 valence electrons. The summed E-state index contributed by atoms with van der Waals surface area (Å²) >= 11 is 0. The Hall–Kier alpha value is -4.25. The number of benzene rings is 2. The number of nitrogens with one attached hydrogen (secondary N) is 2. The highest BCUT2D eigenvalue weighted by Crippen LogP contribution is 2.40. The molecule has 0 bridgehead atoms. The van der Waals surface area contributed by atoms with Crippen LogP contribution in [-0.2, 0) is 6.54 Å². The van der Waals surface area contributed by atoms with Gasteiger partial charge in [0.25, 0.3) is 5.56 Å². The average molecular weight is 399 g/mol. The third-order valence-corrected chi connectivity index (χ3v) is 5.56. The molecule has 1 aliphatic rings. The number of hydrogen-bond donors (Lipinski definition) is 3. The van der Waals surface area contributed by atoms with Crippen molar-refractivity contribution in [3.63, 3.8) is 0 Å². The van der Waals surface area contributed by atoms with Crippen LogP contribution in [0.5, 0.6) is 5.88 Å². The number of allylic oxidation sites excluding steroid dienone is 1. The van der Waals surface area contributed by atoms with E-state index in [0.29, 0.717) is 5.56 Å². The van der Waals surface area contributed by atoms with Crippen LogP contribution < -0.4 is 21.7 Å². The molecule has 0 fully saturated rings. The fourth-order valence-corrected chi connectivity index (χ4v) is 4.31. The molecule has 2 aromatic carbocycles. The van der Waals surface area contributed by atoms with E-state index in [0.717, 1.165) is 28.4 Å². The number of fused-ring (bicyclic) bond motifs is 4. The van der Waals surface area contributed by atoms with Crippen LogP contribution in [0.15, 0.2) is 63.5 Å². The van der Waals surface area contributed by atoms with Gasteiger partial charge in [-0.05, 0) is 30.7 Å². The first-order valence-corrected chi connectivity index (χ1v) is 9.48. The fourth-order valence-electron chi connectivity index (χ4n) is 4.31. The van der Waals surface area contributed by atoms with Gasteiger partial charge in [-0.3, -0.25) is 14.8 Å². The Kier molecular flexibility index (Phi) is 3.79. The van der Waals surface area contributed by atoms with Crippen molar-refractivity contribution in [1.29, 1.82) is 5.26 Å². The van der Waals surface area contributed by atoms with Crippen LogP contribution in [0, 0.1) is 11.3 Å². The third kappa shape index (κ3) is 2.39. The molecule has 1 atom stereocenters. The van der Waals surface area contributed by atoms with Crippen LogP contribution in [0.3, 0.4) is 0 Å². The summed E-state index contributed by atoms with van der Waals surface area (Å²) in [4.78, 5) is 29.0. The van der Waals surface area contributed by atoms with Gasteiger partial charge in [0.05, 0.1) is 11.5 Å². The zero-order valence-electron chi connectivity index (χ0n) is 16.0. The van der Waals surface area contributed by atoms with E-state index in [1.807, 2.05) is 36.4 Å². The van der Waals surface area contributed by atoms with Crippen LogP contribution >= 0.6 is 0 Å². The number of nitrogens with two attached hydrogens (primary N) is 1. The summed E-state index contributed by atoms with van der Waals surface area (Å²) in [6, 6.07) is 16.0. The van der Waals surface area contributed by atoms with E-state index in [2.05, 4.69) is 33.6 Å². The highest BCUT2D eigenvalue weighted by Gasteiger charge is 2.34. The SMILES string of the molecule is CCn1c2ccccc2c2cc(C3C(C#N)=C(N)Oc4[nH]c(=O)[nH]c(=O)c43)ccc21. The van der Waals surface area contributed by atoms with Crippen LogP contribution in [-0.4, -0.2) is 14.5 Å². The molecule has 8 nitrogen and oxygen atoms in total. The van der Waals surface area contributed by atoms with Gasteiger partial charge in [-0.1, -0.05) is 24.3 Å². The van der Waals surface area contributed by atoms with Gasteiger partial charge in [-0.15, -0.1) is 0 Å². The Morgan fingerprint density at radius 2 is 1.90 bits per heavy atom. The van der Waals surface area contributed by atoms with E-state index in [1.165, 1.54) is 0 Å². The highest BCUT2D eigenvalue weighted by atomic mass is 16.5. The number of nitrogens with zero attached hydrogens (tertiary/aromatic N) is 2. The molecule has 1 unspecified atom stereocenters. The maximum Gasteiger partial charge on any atom is 0.328 e. The molecular formula is C22H17N5O3. The monoisotopic (exact) mass is 399 g/mol. The van der Waals surface area contributed by atoms with Crippen LogP contribution in [0.4, 0.5) is 0 Å². The summed E-state index contributed by atoms with van der Waals surface area (Å²) in [6.45, 7) is 2.89. The number of nitriles is 1. The van der Waals surface area contributed by atoms with Gasteiger partial charge in [0.2, 0.25) is 11.8 Å². The van der Waals surface area contributed by atoms with Crippen molar-refractivity contribution in [2.24, 2.45) is 5.73 Å². The quantitative estimate of drug-likeness (QED) is 0.477. The third-order valence-electron chi connectivity index (χ3n) is 5.56. The van der Waals surface area contributed by atoms with Gasteiger partial charge >= 0.3 is 5.69 Å². The Balaban J connectivity index is 1.84. The largest absolute Gasteiger partial charge is 0.424 e. The van der Waals surface area contributed by atoms with Gasteiger partial charge in [-0.25, -0.2) is 4.79 Å². The van der Waals surface area contributed by atoms with E-state index < -0.39 is 17.2 Å². The molecule has 0 aliphatic carbocycles. The first kappa shape index (κ1) is 17.8. The molecule has 2 aromatic heterocycles. The van der Waals surface area contributed by atoms with E-state index >= 15 is 0 Å². The summed E-state index contributed by atoms with van der Waals surface area (Å²) in [5, 5.41) is 11.8. The maximum absolute atomic E-state index is 12.6. The molecule has 3 heterocycles. The zero-order chi connectivity index (χ0) is 21.0. The van der Waals surface area contributed by atoms with Gasteiger partial charge in [0.1, 0.15) is 11.6 Å². The second-order valence-electron chi connectivity index (χ2n) is 7.11. The lowest BCUT2D eigenvalue weighted by atomic mass is 9.84. The zero-order valence-corrected chi connectivity index (χ0v) is 16.0. The first-order chi connectivity index (χ1) is 14.5. The van der Waals surface area contributed by atoms with Crippen molar-refractivity contribution >= 4 is 21.8 Å². The molecule has 1 aliphatic heterocycles. The number of hydrogen-bond acceptors (Lipinski definition) is 5. The average Bonchev–Trinajstić information content (AvgIpc) is 3.05. The predicted molar refractivity (Wildman–Crippen MR) is 112 cm³/mol. The van der Waals surface area contributed by atoms with Crippen molar-refractivity contribution in [2.45, 2.75) is 19.4 Å². The van der Waals surface area contributed by atoms with E-state index in [4.69, 9.17) is 10.5 Å². The van der Waals surface area contributed by atoms with E-state index in [9.17, 15) is 14.9 Å². The van der Waals surface area contributed by atoms with Crippen molar-refractivity contribution in [2.75, 3.05) is 0 Å². The Morgan fingerprint density at radius 3 is 2.67 bits per heavy atom. The minimum atomic E-state index is -0.757. The lowest BCUT2D eigenvalue weighted by Crippen LogP contribution is -2.33. The normalized spacial score (nSPS) is 15.8. The van der Waals surface area contributed by atoms with Crippen molar-refractivity contribution in [3.8, 4) is 11.9 Å². The molecule has 0 saturated carbocycles. The predicted octanol–water partition coefficient (Wildman–Crippen LogP) is 2.41. The molecule has 5 rings (SSSR count). The number of aromatic amines is 2. The molecule has 0 radical (unpaired) electrons. The number of rotatable bonds is 2. The molecule has 0 spiro atoms. The number of para-hydroxylation sites is 1. The topological polar surface area (TPSA) is 130 Å². The number of aromatic nitrogens is 3. The first-order valence-electron chi connectivity index (χ1n) is 9.48. The summed E-state index contributed by atoms with van der Waals surface area (Å²) < 4.78 is 7.60. The fraction of sp³-hybridized carbons (Fsp3) is 0.136. The minimum Gasteiger partial charge on any atom is -0.424 e. The Morgan fingerprint density at radius 1 is 1.13 bits per heavy atom. The molecule has 4 aromatic rings. The minimum absolute atomic E-state index is 0.0404. The lowest BCUT2D eigenvalue weighted by Gasteiger charge is -2.24. The molecule has 30 heavy (non-hydrogen) atoms. The summed E-state index contributed by atoms with van der Waals surface area (Å²) in [5.41, 5.74) is 7.79. The summed E-state index contributed by atoms with van der Waals surface area (Å²) in [5.74, 6) is -0.929. The Bertz CT molecular complexity index is 1530. The Labute approximate surface area is 169 Å². The standard InChI is InChI=1S/C22H17N5O3/c1-2-27-15-6-4-3-5-12(15)13-9-11(7-8-16(13)27)17-14(10-23)19(24)30-21-18(17)20(28)25-22(29)26-21/h3-9,17H,2,24H2,1H3,(H2,25,26,28,29). The number of ether oxygens (including phenoxy) is 1. The van der Waals surface area contributed by atoms with Crippen LogP contribution in [0.1, 0.15) is 24.0 Å². The molecule has 4 N–H and O–H groups in total. The number of aryl methyl sites for hydroxylation is 1. The maximum atomic E-state index is 12.6. The lowest BCUT2D eigenvalue weighted by molar-refractivity contribution is 0.373. The van der Waals surface area contributed by atoms with Crippen LogP contribution in [0.25, 0.3) is 21.8 Å². The smallest absolute Gasteiger partial charge is 0.328 e. The van der Waals surface area contributed by atoms with Crippen molar-refractivity contribution in [3.05, 3.63) is 85.9 Å². The van der Waals surface area contributed by atoms with Gasteiger partial charge in [-0.2, -0.15) is 5.26 Å². The highest BCUT2D eigenvalue weighted by molar-refractivity contribution is 6.08. The van der Waals surface area contributed by atoms with Crippen molar-refractivity contribution in [1.82, 2.24) is 14.5 Å². The van der Waals surface area contributed by atoms with Crippen LogP contribution in [0.2, 0.25) is 0 Å². The van der Waals surface area contributed by atoms with Crippen molar-refractivity contribution < 1.29 is 4.74 Å². The van der Waals surface area contributed by atoms with E-state index in [1.54, 1.807) is 0 Å². The van der Waals surface area contributed by atoms with Gasteiger partial charge in [0, 0.05) is 28.4 Å². The summed E-state index contributed by atoms with van der Waals surface area (Å²) in [6.07, 6.45) is 0.